The molecule has 0 aliphatic carbocycles. The lowest BCUT2D eigenvalue weighted by Crippen LogP contribution is -2.31. The predicted molar refractivity (Wildman–Crippen MR) is 112 cm³/mol. The largest absolute Gasteiger partial charge is 0.319 e. The van der Waals surface area contributed by atoms with Gasteiger partial charge >= 0.3 is 0 Å². The van der Waals surface area contributed by atoms with E-state index in [1.54, 1.807) is 0 Å². The molecule has 6 heteroatoms. The van der Waals surface area contributed by atoms with E-state index in [4.69, 9.17) is 0 Å². The summed E-state index contributed by atoms with van der Waals surface area (Å²) >= 11 is 0. The Hall–Kier alpha value is -2.99. The zero-order valence-electron chi connectivity index (χ0n) is 16.6. The van der Waals surface area contributed by atoms with Crippen LogP contribution in [-0.4, -0.2) is 38.7 Å². The summed E-state index contributed by atoms with van der Waals surface area (Å²) in [4.78, 5) is 15.3. The van der Waals surface area contributed by atoms with Crippen molar-refractivity contribution >= 4 is 11.6 Å². The maximum atomic E-state index is 12.7. The second-order valence-corrected chi connectivity index (χ2v) is 8.28. The number of amides is 1. The number of anilines is 1. The first kappa shape index (κ1) is 18.1. The number of benzene rings is 2. The molecule has 2 aliphatic heterocycles. The summed E-state index contributed by atoms with van der Waals surface area (Å²) in [6, 6.07) is 18.2. The molecule has 0 spiro atoms. The van der Waals surface area contributed by atoms with Gasteiger partial charge < -0.3 is 9.88 Å². The van der Waals surface area contributed by atoms with Gasteiger partial charge in [-0.15, -0.1) is 10.2 Å². The third-order valence-electron chi connectivity index (χ3n) is 6.06. The normalized spacial score (nSPS) is 20.9. The second kappa shape index (κ2) is 7.44. The lowest BCUT2D eigenvalue weighted by molar-refractivity contribution is 0.100. The van der Waals surface area contributed by atoms with Crippen molar-refractivity contribution < 1.29 is 4.79 Å². The number of carbonyl (C=O) groups is 1. The molecule has 1 amide bonds. The van der Waals surface area contributed by atoms with Crippen molar-refractivity contribution in [1.29, 1.82) is 0 Å². The predicted octanol–water partition coefficient (Wildman–Crippen LogP) is 3.14. The summed E-state index contributed by atoms with van der Waals surface area (Å²) in [6.07, 6.45) is 0.889. The minimum absolute atomic E-state index is 0.192. The highest BCUT2D eigenvalue weighted by atomic mass is 16.2. The molecule has 0 bridgehead atoms. The Bertz CT molecular complexity index is 1030. The SMILES string of the molecule is Cc1cccc(CN2CC3Cc4nnc(C(=O)Nc5ccccc5)n4CC3C2)c1. The van der Waals surface area contributed by atoms with Crippen molar-refractivity contribution in [2.75, 3.05) is 18.4 Å². The third-order valence-corrected chi connectivity index (χ3v) is 6.06. The number of aryl methyl sites for hydroxylation is 1. The van der Waals surface area contributed by atoms with Gasteiger partial charge in [0.2, 0.25) is 5.82 Å². The molecule has 0 radical (unpaired) electrons. The van der Waals surface area contributed by atoms with Crippen LogP contribution < -0.4 is 5.32 Å². The fourth-order valence-corrected chi connectivity index (χ4v) is 4.70. The van der Waals surface area contributed by atoms with Crippen LogP contribution in [0.4, 0.5) is 5.69 Å². The number of para-hydroxylation sites is 1. The second-order valence-electron chi connectivity index (χ2n) is 8.28. The van der Waals surface area contributed by atoms with Crippen LogP contribution in [0.2, 0.25) is 0 Å². The van der Waals surface area contributed by atoms with Crippen LogP contribution in [0.15, 0.2) is 54.6 Å². The molecule has 1 N–H and O–H groups in total. The molecule has 2 aliphatic rings. The van der Waals surface area contributed by atoms with Gasteiger partial charge in [-0.05, 0) is 36.5 Å². The minimum atomic E-state index is -0.192. The molecule has 148 valence electrons. The number of nitrogens with zero attached hydrogens (tertiary/aromatic N) is 4. The molecule has 29 heavy (non-hydrogen) atoms. The van der Waals surface area contributed by atoms with Crippen LogP contribution in [0.1, 0.15) is 27.6 Å². The van der Waals surface area contributed by atoms with E-state index in [0.717, 1.165) is 44.1 Å². The summed E-state index contributed by atoms with van der Waals surface area (Å²) in [6.45, 7) is 6.07. The molecular formula is C23H25N5O. The molecule has 5 rings (SSSR count). The first-order valence-electron chi connectivity index (χ1n) is 10.2. The Kier molecular flexibility index (Phi) is 4.64. The highest BCUT2D eigenvalue weighted by molar-refractivity contribution is 6.01. The first-order chi connectivity index (χ1) is 14.2. The van der Waals surface area contributed by atoms with E-state index in [-0.39, 0.29) is 5.91 Å². The average Bonchev–Trinajstić information content (AvgIpc) is 3.29. The zero-order chi connectivity index (χ0) is 19.8. The Morgan fingerprint density at radius 1 is 1.03 bits per heavy atom. The molecule has 2 aromatic carbocycles. The molecule has 3 heterocycles. The molecule has 3 aromatic rings. The number of nitrogens with one attached hydrogen (secondary N) is 1. The number of aromatic nitrogens is 3. The van der Waals surface area contributed by atoms with E-state index in [9.17, 15) is 4.79 Å². The van der Waals surface area contributed by atoms with Crippen molar-refractivity contribution in [1.82, 2.24) is 19.7 Å². The number of fused-ring (bicyclic) bond motifs is 2. The quantitative estimate of drug-likeness (QED) is 0.747. The highest BCUT2D eigenvalue weighted by Crippen LogP contribution is 2.33. The minimum Gasteiger partial charge on any atom is -0.319 e. The van der Waals surface area contributed by atoms with Crippen LogP contribution in [0.25, 0.3) is 0 Å². The van der Waals surface area contributed by atoms with Crippen LogP contribution in [0, 0.1) is 18.8 Å². The van der Waals surface area contributed by atoms with Crippen LogP contribution in [-0.2, 0) is 19.5 Å². The van der Waals surface area contributed by atoms with Gasteiger partial charge in [0.05, 0.1) is 0 Å². The summed E-state index contributed by atoms with van der Waals surface area (Å²) in [5, 5.41) is 11.5. The van der Waals surface area contributed by atoms with Gasteiger partial charge in [-0.3, -0.25) is 9.69 Å². The van der Waals surface area contributed by atoms with Crippen molar-refractivity contribution in [3.8, 4) is 0 Å². The summed E-state index contributed by atoms with van der Waals surface area (Å²) < 4.78 is 2.02. The maximum Gasteiger partial charge on any atom is 0.293 e. The fourth-order valence-electron chi connectivity index (χ4n) is 4.70. The Labute approximate surface area is 170 Å². The van der Waals surface area contributed by atoms with Crippen LogP contribution in [0.5, 0.6) is 0 Å². The fraction of sp³-hybridized carbons (Fsp3) is 0.348. The van der Waals surface area contributed by atoms with Crippen LogP contribution in [0.3, 0.4) is 0 Å². The Morgan fingerprint density at radius 2 is 1.86 bits per heavy atom. The molecule has 2 unspecified atom stereocenters. The lowest BCUT2D eigenvalue weighted by Gasteiger charge is -2.25. The van der Waals surface area contributed by atoms with E-state index < -0.39 is 0 Å². The van der Waals surface area contributed by atoms with Crippen molar-refractivity contribution in [2.45, 2.75) is 26.4 Å². The molecule has 2 atom stereocenters. The highest BCUT2D eigenvalue weighted by Gasteiger charge is 2.39. The molecule has 1 saturated heterocycles. The van der Waals surface area contributed by atoms with Gasteiger partial charge in [0.1, 0.15) is 5.82 Å². The number of rotatable bonds is 4. The van der Waals surface area contributed by atoms with Gasteiger partial charge in [0.25, 0.3) is 5.91 Å². The summed E-state index contributed by atoms with van der Waals surface area (Å²) in [5.41, 5.74) is 3.44. The third kappa shape index (κ3) is 3.68. The average molecular weight is 387 g/mol. The smallest absolute Gasteiger partial charge is 0.293 e. The Morgan fingerprint density at radius 3 is 2.69 bits per heavy atom. The van der Waals surface area contributed by atoms with Crippen molar-refractivity contribution in [3.05, 3.63) is 77.4 Å². The molecular weight excluding hydrogens is 362 g/mol. The van der Waals surface area contributed by atoms with E-state index in [2.05, 4.69) is 51.6 Å². The van der Waals surface area contributed by atoms with Crippen LogP contribution >= 0.6 is 0 Å². The van der Waals surface area contributed by atoms with Crippen molar-refractivity contribution in [3.63, 3.8) is 0 Å². The number of hydrogen-bond donors (Lipinski definition) is 1. The maximum absolute atomic E-state index is 12.7. The van der Waals surface area contributed by atoms with Gasteiger partial charge in [-0.25, -0.2) is 0 Å². The summed E-state index contributed by atoms with van der Waals surface area (Å²) in [5.74, 6) is 2.28. The molecule has 1 aromatic heterocycles. The van der Waals surface area contributed by atoms with Gasteiger partial charge in [-0.1, -0.05) is 48.0 Å². The van der Waals surface area contributed by atoms with E-state index in [1.807, 2.05) is 34.9 Å². The van der Waals surface area contributed by atoms with Crippen molar-refractivity contribution in [2.24, 2.45) is 11.8 Å². The number of carbonyl (C=O) groups excluding carboxylic acids is 1. The summed E-state index contributed by atoms with van der Waals surface area (Å²) in [7, 11) is 0. The Balaban J connectivity index is 1.28. The molecule has 0 saturated carbocycles. The topological polar surface area (TPSA) is 63.1 Å². The number of likely N-dealkylation sites (tertiary alicyclic amines) is 1. The lowest BCUT2D eigenvalue weighted by atomic mass is 9.89. The van der Waals surface area contributed by atoms with Gasteiger partial charge in [-0.2, -0.15) is 0 Å². The van der Waals surface area contributed by atoms with E-state index >= 15 is 0 Å². The molecule has 1 fully saturated rings. The van der Waals surface area contributed by atoms with E-state index in [0.29, 0.717) is 17.7 Å². The first-order valence-corrected chi connectivity index (χ1v) is 10.2. The monoisotopic (exact) mass is 387 g/mol. The van der Waals surface area contributed by atoms with E-state index in [1.165, 1.54) is 11.1 Å². The van der Waals surface area contributed by atoms with Gasteiger partial charge in [0, 0.05) is 38.3 Å². The standard InChI is InChI=1S/C23H25N5O/c1-16-6-5-7-17(10-16)12-27-13-18-11-21-25-26-22(28(21)15-19(18)14-27)23(29)24-20-8-3-2-4-9-20/h2-10,18-19H,11-15H2,1H3,(H,24,29). The number of hydrogen-bond acceptors (Lipinski definition) is 4. The zero-order valence-corrected chi connectivity index (χ0v) is 16.6. The molecule has 6 nitrogen and oxygen atoms in total. The van der Waals surface area contributed by atoms with Gasteiger partial charge in [0.15, 0.2) is 0 Å².